The molecule has 0 saturated heterocycles. The lowest BCUT2D eigenvalue weighted by atomic mass is 10.2. The highest BCUT2D eigenvalue weighted by Crippen LogP contribution is 2.29. The zero-order valence-corrected chi connectivity index (χ0v) is 12.8. The maximum absolute atomic E-state index is 13.4. The SMILES string of the molecule is Cc1cc(F)ccc1-n1c(C(C)Cl)nc2c(C)ccnc21. The van der Waals surface area contributed by atoms with Crippen LogP contribution in [-0.4, -0.2) is 14.5 Å². The summed E-state index contributed by atoms with van der Waals surface area (Å²) in [6.45, 7) is 5.72. The molecule has 3 nitrogen and oxygen atoms in total. The Morgan fingerprint density at radius 2 is 1.95 bits per heavy atom. The fraction of sp³-hybridized carbons (Fsp3) is 0.250. The van der Waals surface area contributed by atoms with Gasteiger partial charge in [-0.3, -0.25) is 4.57 Å². The average Bonchev–Trinajstić information content (AvgIpc) is 2.80. The van der Waals surface area contributed by atoms with Crippen LogP contribution in [0.4, 0.5) is 4.39 Å². The van der Waals surface area contributed by atoms with Gasteiger partial charge in [0.15, 0.2) is 5.65 Å². The number of hydrogen-bond donors (Lipinski definition) is 0. The van der Waals surface area contributed by atoms with Gasteiger partial charge in [0.05, 0.1) is 11.1 Å². The van der Waals surface area contributed by atoms with Gasteiger partial charge in [-0.1, -0.05) is 0 Å². The Morgan fingerprint density at radius 1 is 1.19 bits per heavy atom. The predicted molar refractivity (Wildman–Crippen MR) is 82.6 cm³/mol. The molecular weight excluding hydrogens is 289 g/mol. The largest absolute Gasteiger partial charge is 0.279 e. The van der Waals surface area contributed by atoms with Crippen LogP contribution in [-0.2, 0) is 0 Å². The van der Waals surface area contributed by atoms with E-state index in [2.05, 4.69) is 9.97 Å². The predicted octanol–water partition coefficient (Wildman–Crippen LogP) is 4.48. The van der Waals surface area contributed by atoms with E-state index in [1.807, 2.05) is 31.4 Å². The molecule has 0 bridgehead atoms. The van der Waals surface area contributed by atoms with Crippen molar-refractivity contribution in [1.82, 2.24) is 14.5 Å². The van der Waals surface area contributed by atoms with Crippen molar-refractivity contribution in [1.29, 1.82) is 0 Å². The van der Waals surface area contributed by atoms with E-state index in [9.17, 15) is 4.39 Å². The standard InChI is InChI=1S/C16H15ClFN3/c1-9-6-7-19-16-14(9)20-15(11(3)17)21(16)13-5-4-12(18)8-10(13)2/h4-8,11H,1-3H3. The molecule has 0 saturated carbocycles. The van der Waals surface area contributed by atoms with Crippen LogP contribution in [0, 0.1) is 19.7 Å². The zero-order chi connectivity index (χ0) is 15.1. The van der Waals surface area contributed by atoms with Crippen molar-refractivity contribution in [3.05, 3.63) is 53.2 Å². The number of nitrogens with zero attached hydrogens (tertiary/aromatic N) is 3. The van der Waals surface area contributed by atoms with Crippen molar-refractivity contribution in [2.45, 2.75) is 26.1 Å². The fourth-order valence-electron chi connectivity index (χ4n) is 2.49. The van der Waals surface area contributed by atoms with E-state index in [0.717, 1.165) is 28.0 Å². The van der Waals surface area contributed by atoms with Crippen molar-refractivity contribution in [2.75, 3.05) is 0 Å². The highest BCUT2D eigenvalue weighted by Gasteiger charge is 2.19. The van der Waals surface area contributed by atoms with Gasteiger partial charge in [0.2, 0.25) is 0 Å². The molecule has 0 aliphatic heterocycles. The molecule has 108 valence electrons. The molecule has 0 aliphatic carbocycles. The Hall–Kier alpha value is -1.94. The molecule has 0 amide bonds. The second kappa shape index (κ2) is 5.11. The minimum atomic E-state index is -0.275. The van der Waals surface area contributed by atoms with Crippen molar-refractivity contribution in [3.63, 3.8) is 0 Å². The van der Waals surface area contributed by atoms with E-state index >= 15 is 0 Å². The lowest BCUT2D eigenvalue weighted by molar-refractivity contribution is 0.626. The second-order valence-electron chi connectivity index (χ2n) is 5.15. The van der Waals surface area contributed by atoms with E-state index in [-0.39, 0.29) is 11.2 Å². The van der Waals surface area contributed by atoms with Crippen molar-refractivity contribution in [2.24, 2.45) is 0 Å². The number of aromatic nitrogens is 3. The number of imidazole rings is 1. The Kier molecular flexibility index (Phi) is 3.41. The van der Waals surface area contributed by atoms with Crippen molar-refractivity contribution >= 4 is 22.8 Å². The molecular formula is C16H15ClFN3. The van der Waals surface area contributed by atoms with Gasteiger partial charge in [-0.15, -0.1) is 11.6 Å². The van der Waals surface area contributed by atoms with Gasteiger partial charge in [-0.25, -0.2) is 14.4 Å². The van der Waals surface area contributed by atoms with E-state index in [4.69, 9.17) is 11.6 Å². The summed E-state index contributed by atoms with van der Waals surface area (Å²) in [5.41, 5.74) is 4.27. The first-order chi connectivity index (χ1) is 9.99. The van der Waals surface area contributed by atoms with Gasteiger partial charge >= 0.3 is 0 Å². The number of pyridine rings is 1. The van der Waals surface area contributed by atoms with E-state index in [0.29, 0.717) is 5.82 Å². The van der Waals surface area contributed by atoms with Crippen LogP contribution in [0.25, 0.3) is 16.9 Å². The Morgan fingerprint density at radius 3 is 2.62 bits per heavy atom. The van der Waals surface area contributed by atoms with Crippen LogP contribution in [0.2, 0.25) is 0 Å². The van der Waals surface area contributed by atoms with Crippen molar-refractivity contribution in [3.8, 4) is 5.69 Å². The summed E-state index contributed by atoms with van der Waals surface area (Å²) in [6.07, 6.45) is 1.75. The molecule has 21 heavy (non-hydrogen) atoms. The molecule has 0 aliphatic rings. The number of halogens is 2. The maximum atomic E-state index is 13.4. The van der Waals surface area contributed by atoms with Crippen LogP contribution in [0.1, 0.15) is 29.3 Å². The summed E-state index contributed by atoms with van der Waals surface area (Å²) in [7, 11) is 0. The van der Waals surface area contributed by atoms with Gasteiger partial charge < -0.3 is 0 Å². The van der Waals surface area contributed by atoms with Gasteiger partial charge in [0.1, 0.15) is 17.2 Å². The third kappa shape index (κ3) is 2.29. The molecule has 1 unspecified atom stereocenters. The molecule has 1 atom stereocenters. The normalized spacial score (nSPS) is 12.8. The Labute approximate surface area is 127 Å². The van der Waals surface area contributed by atoms with E-state index in [1.165, 1.54) is 12.1 Å². The van der Waals surface area contributed by atoms with Gasteiger partial charge in [0.25, 0.3) is 0 Å². The molecule has 0 spiro atoms. The topological polar surface area (TPSA) is 30.7 Å². The zero-order valence-electron chi connectivity index (χ0n) is 12.1. The summed E-state index contributed by atoms with van der Waals surface area (Å²) in [4.78, 5) is 9.06. The first kappa shape index (κ1) is 14.0. The first-order valence-electron chi connectivity index (χ1n) is 6.73. The van der Waals surface area contributed by atoms with E-state index < -0.39 is 0 Å². The van der Waals surface area contributed by atoms with Crippen LogP contribution >= 0.6 is 11.6 Å². The van der Waals surface area contributed by atoms with E-state index in [1.54, 1.807) is 12.3 Å². The minimum Gasteiger partial charge on any atom is -0.279 e. The molecule has 0 N–H and O–H groups in total. The maximum Gasteiger partial charge on any atom is 0.164 e. The highest BCUT2D eigenvalue weighted by molar-refractivity contribution is 6.20. The summed E-state index contributed by atoms with van der Waals surface area (Å²) in [6, 6.07) is 6.59. The third-order valence-corrected chi connectivity index (χ3v) is 3.72. The number of rotatable bonds is 2. The Bertz CT molecular complexity index is 824. The monoisotopic (exact) mass is 303 g/mol. The summed E-state index contributed by atoms with van der Waals surface area (Å²) < 4.78 is 15.3. The first-order valence-corrected chi connectivity index (χ1v) is 7.17. The minimum absolute atomic E-state index is 0.259. The van der Waals surface area contributed by atoms with Gasteiger partial charge in [0, 0.05) is 6.20 Å². The highest BCUT2D eigenvalue weighted by atomic mass is 35.5. The lowest BCUT2D eigenvalue weighted by Gasteiger charge is -2.12. The van der Waals surface area contributed by atoms with Gasteiger partial charge in [-0.05, 0) is 56.2 Å². The van der Waals surface area contributed by atoms with Crippen LogP contribution in [0.3, 0.4) is 0 Å². The van der Waals surface area contributed by atoms with Crippen LogP contribution < -0.4 is 0 Å². The average molecular weight is 304 g/mol. The summed E-state index contributed by atoms with van der Waals surface area (Å²) in [5.74, 6) is 0.452. The summed E-state index contributed by atoms with van der Waals surface area (Å²) in [5, 5.41) is -0.275. The fourth-order valence-corrected chi connectivity index (χ4v) is 2.63. The number of hydrogen-bond acceptors (Lipinski definition) is 2. The molecule has 3 rings (SSSR count). The second-order valence-corrected chi connectivity index (χ2v) is 5.81. The number of benzene rings is 1. The van der Waals surface area contributed by atoms with Gasteiger partial charge in [-0.2, -0.15) is 0 Å². The Balaban J connectivity index is 2.39. The molecule has 2 aromatic heterocycles. The van der Waals surface area contributed by atoms with Crippen LogP contribution in [0.5, 0.6) is 0 Å². The molecule has 5 heteroatoms. The molecule has 0 radical (unpaired) electrons. The number of aryl methyl sites for hydroxylation is 2. The van der Waals surface area contributed by atoms with Crippen LogP contribution in [0.15, 0.2) is 30.5 Å². The molecule has 0 fully saturated rings. The smallest absolute Gasteiger partial charge is 0.164 e. The third-order valence-electron chi connectivity index (χ3n) is 3.53. The number of alkyl halides is 1. The summed E-state index contributed by atoms with van der Waals surface area (Å²) >= 11 is 6.28. The molecule has 2 heterocycles. The van der Waals surface area contributed by atoms with Crippen molar-refractivity contribution < 1.29 is 4.39 Å². The lowest BCUT2D eigenvalue weighted by Crippen LogP contribution is -2.04. The molecule has 3 aromatic rings. The molecule has 1 aromatic carbocycles. The number of fused-ring (bicyclic) bond motifs is 1. The quantitative estimate of drug-likeness (QED) is 0.654.